The number of Topliss-reactive ketones (excluding diaryl/α,β-unsaturated/α-hetero) is 1. The van der Waals surface area contributed by atoms with E-state index < -0.39 is 89.8 Å². The number of methoxy groups -OCH3 is 1. The summed E-state index contributed by atoms with van der Waals surface area (Å²) in [7, 11) is 5.03. The lowest BCUT2D eigenvalue weighted by molar-refractivity contribution is -0.313. The van der Waals surface area contributed by atoms with Crippen LogP contribution in [0.15, 0.2) is 30.7 Å². The van der Waals surface area contributed by atoms with Crippen molar-refractivity contribution >= 4 is 17.8 Å². The third-order valence-electron chi connectivity index (χ3n) is 12.4. The molecule has 2 aromatic heterocycles. The third kappa shape index (κ3) is 9.40. The minimum atomic E-state index is -1.27. The molecule has 0 aliphatic carbocycles. The number of hydrogen-bond donors (Lipinski definition) is 3. The standard InChI is InChI=1S/C41H65N7O10/c1-12-30-41(8)35(48(39(53)58-41)19-14-13-18-47-22-29(44-45-47)28-16-15-17-42-21-28)26(5)43-23(2)20-40(7,54-11)36(24(3)32(49)25(4)37(52)56-30)57-38-34(51)31(46(9)10)33(50)27(6)55-38/h15-17,21-27,30-31,33-36,38,43,50-51H,12-14,18-20H2,1-11H3/t23-,24+,25-,26-,27-,30-,31+,33-,34-,35-,36-,38?,40+,41-/m1/s1. The van der Waals surface area contributed by atoms with Crippen LogP contribution in [0.4, 0.5) is 4.79 Å². The van der Waals surface area contributed by atoms with Gasteiger partial charge in [-0.3, -0.25) is 24.2 Å². The van der Waals surface area contributed by atoms with E-state index in [1.165, 1.54) is 14.0 Å². The van der Waals surface area contributed by atoms with E-state index in [0.29, 0.717) is 38.8 Å². The van der Waals surface area contributed by atoms with Crippen LogP contribution in [0.1, 0.15) is 81.1 Å². The van der Waals surface area contributed by atoms with E-state index in [9.17, 15) is 24.6 Å². The Kier molecular flexibility index (Phi) is 14.7. The monoisotopic (exact) mass is 815 g/mol. The zero-order chi connectivity index (χ0) is 42.7. The van der Waals surface area contributed by atoms with Crippen LogP contribution in [0, 0.1) is 11.8 Å². The Labute approximate surface area is 342 Å². The van der Waals surface area contributed by atoms with Gasteiger partial charge in [-0.1, -0.05) is 19.1 Å². The molecule has 0 bridgehead atoms. The van der Waals surface area contributed by atoms with Gasteiger partial charge in [-0.15, -0.1) is 5.10 Å². The zero-order valence-corrected chi connectivity index (χ0v) is 35.9. The molecule has 324 valence electrons. The van der Waals surface area contributed by atoms with Crippen LogP contribution in [-0.2, 0) is 39.8 Å². The lowest BCUT2D eigenvalue weighted by Crippen LogP contribution is -2.65. The summed E-state index contributed by atoms with van der Waals surface area (Å²) in [5, 5.41) is 34.5. The van der Waals surface area contributed by atoms with E-state index in [-0.39, 0.29) is 12.1 Å². The number of ether oxygens (including phenoxy) is 5. The number of ketones is 1. The number of carbonyl (C=O) groups excluding carboxylic acids is 3. The van der Waals surface area contributed by atoms with Gasteiger partial charge in [0, 0.05) is 56.2 Å². The van der Waals surface area contributed by atoms with Crippen LogP contribution >= 0.6 is 0 Å². The molecule has 17 heteroatoms. The van der Waals surface area contributed by atoms with Crippen molar-refractivity contribution in [1.82, 2.24) is 35.1 Å². The maximum atomic E-state index is 14.3. The number of esters is 1. The van der Waals surface area contributed by atoms with Gasteiger partial charge in [-0.2, -0.15) is 0 Å². The van der Waals surface area contributed by atoms with E-state index in [4.69, 9.17) is 23.7 Å². The molecule has 0 spiro atoms. The average molecular weight is 816 g/mol. The van der Waals surface area contributed by atoms with Crippen LogP contribution < -0.4 is 5.32 Å². The van der Waals surface area contributed by atoms with Gasteiger partial charge in [0.05, 0.1) is 42.2 Å². The van der Waals surface area contributed by atoms with Gasteiger partial charge in [0.2, 0.25) is 0 Å². The largest absolute Gasteiger partial charge is 0.458 e. The van der Waals surface area contributed by atoms with Crippen LogP contribution in [0.2, 0.25) is 0 Å². The van der Waals surface area contributed by atoms with E-state index >= 15 is 0 Å². The number of aromatic nitrogens is 4. The van der Waals surface area contributed by atoms with Gasteiger partial charge in [-0.05, 0) is 93.5 Å². The summed E-state index contributed by atoms with van der Waals surface area (Å²) < 4.78 is 33.0. The normalized spacial score (nSPS) is 38.0. The quantitative estimate of drug-likeness (QED) is 0.170. The lowest BCUT2D eigenvalue weighted by Gasteiger charge is -2.48. The molecule has 3 fully saturated rings. The SMILES string of the molecule is CC[C@H]1OC(=O)[C@H](C)C(=O)[C@H](C)[C@@H](OC2O[C@H](C)[C@@H](O)[C@H](N(C)C)[C@H]2O)[C@@](C)(OC)C[C@@H](C)N[C@H](C)[C@H]2N(CCCCn3cc(-c4cccnc4)nn3)C(=O)O[C@]12C. The molecule has 3 N–H and O–H groups in total. The number of cyclic esters (lactones) is 1. The highest BCUT2D eigenvalue weighted by atomic mass is 16.7. The molecule has 5 heterocycles. The highest BCUT2D eigenvalue weighted by Gasteiger charge is 2.59. The first-order valence-corrected chi connectivity index (χ1v) is 20.6. The van der Waals surface area contributed by atoms with Crippen LogP contribution in [0.25, 0.3) is 11.3 Å². The van der Waals surface area contributed by atoms with Crippen LogP contribution in [0.5, 0.6) is 0 Å². The first-order valence-electron chi connectivity index (χ1n) is 20.6. The predicted molar refractivity (Wildman–Crippen MR) is 212 cm³/mol. The molecular formula is C41H65N7O10. The average Bonchev–Trinajstić information content (AvgIpc) is 3.76. The van der Waals surface area contributed by atoms with Crippen molar-refractivity contribution in [2.24, 2.45) is 11.8 Å². The molecule has 0 radical (unpaired) electrons. The van der Waals surface area contributed by atoms with E-state index in [2.05, 4.69) is 20.6 Å². The number of aryl methyl sites for hydroxylation is 1. The summed E-state index contributed by atoms with van der Waals surface area (Å²) in [6.45, 7) is 15.3. The molecular weight excluding hydrogens is 750 g/mol. The Bertz CT molecular complexity index is 1700. The van der Waals surface area contributed by atoms with E-state index in [0.717, 1.165) is 11.3 Å². The van der Waals surface area contributed by atoms with Gasteiger partial charge < -0.3 is 44.1 Å². The van der Waals surface area contributed by atoms with Gasteiger partial charge >= 0.3 is 12.1 Å². The van der Waals surface area contributed by atoms with Crippen molar-refractivity contribution in [3.05, 3.63) is 30.7 Å². The number of aliphatic hydroxyl groups excluding tert-OH is 2. The number of unbranched alkanes of at least 4 members (excludes halogenated alkanes) is 1. The number of hydrogen-bond acceptors (Lipinski definition) is 15. The fraction of sp³-hybridized carbons (Fsp3) is 0.756. The predicted octanol–water partition coefficient (Wildman–Crippen LogP) is 2.82. The minimum absolute atomic E-state index is 0.271. The van der Waals surface area contributed by atoms with Crippen molar-refractivity contribution in [2.75, 3.05) is 27.7 Å². The van der Waals surface area contributed by atoms with Crippen molar-refractivity contribution in [3.63, 3.8) is 0 Å². The van der Waals surface area contributed by atoms with Gasteiger partial charge in [0.25, 0.3) is 0 Å². The highest BCUT2D eigenvalue weighted by molar-refractivity contribution is 6.00. The minimum Gasteiger partial charge on any atom is -0.458 e. The number of amides is 1. The van der Waals surface area contributed by atoms with Crippen molar-refractivity contribution in [2.45, 2.75) is 160 Å². The third-order valence-corrected chi connectivity index (χ3v) is 12.4. The van der Waals surface area contributed by atoms with Gasteiger partial charge in [-0.25, -0.2) is 4.79 Å². The van der Waals surface area contributed by atoms with Crippen molar-refractivity contribution < 1.29 is 48.3 Å². The first-order chi connectivity index (χ1) is 27.4. The number of likely N-dealkylation sites (N-methyl/N-ethyl adjacent to an activating group) is 1. The summed E-state index contributed by atoms with van der Waals surface area (Å²) in [6.07, 6.45) is 0.703. The Morgan fingerprint density at radius 1 is 1.05 bits per heavy atom. The van der Waals surface area contributed by atoms with E-state index in [1.807, 2.05) is 46.0 Å². The lowest BCUT2D eigenvalue weighted by atomic mass is 9.78. The Hall–Kier alpha value is -3.58. The number of rotatable bonds is 11. The molecule has 14 atom stereocenters. The molecule has 0 saturated carbocycles. The number of pyridine rings is 1. The Balaban J connectivity index is 1.41. The Morgan fingerprint density at radius 3 is 2.40 bits per heavy atom. The van der Waals surface area contributed by atoms with Crippen LogP contribution in [0.3, 0.4) is 0 Å². The number of aliphatic hydroxyl groups is 2. The number of nitrogens with one attached hydrogen (secondary N) is 1. The molecule has 58 heavy (non-hydrogen) atoms. The summed E-state index contributed by atoms with van der Waals surface area (Å²) in [5.41, 5.74) is -0.830. The zero-order valence-electron chi connectivity index (χ0n) is 35.9. The summed E-state index contributed by atoms with van der Waals surface area (Å²) in [6, 6.07) is 1.84. The fourth-order valence-electron chi connectivity index (χ4n) is 9.30. The summed E-state index contributed by atoms with van der Waals surface area (Å²) >= 11 is 0. The molecule has 3 aliphatic rings. The van der Waals surface area contributed by atoms with E-state index in [1.54, 1.807) is 61.7 Å². The maximum absolute atomic E-state index is 14.3. The molecule has 3 saturated heterocycles. The van der Waals surface area contributed by atoms with Crippen LogP contribution in [-0.4, -0.2) is 158 Å². The number of nitrogens with zero attached hydrogens (tertiary/aromatic N) is 6. The second-order valence-electron chi connectivity index (χ2n) is 17.0. The highest BCUT2D eigenvalue weighted by Crippen LogP contribution is 2.40. The van der Waals surface area contributed by atoms with Crippen molar-refractivity contribution in [3.8, 4) is 11.3 Å². The molecule has 17 nitrogen and oxygen atoms in total. The number of carbonyl (C=O) groups is 3. The Morgan fingerprint density at radius 2 is 1.76 bits per heavy atom. The topological polar surface area (TPSA) is 200 Å². The van der Waals surface area contributed by atoms with Gasteiger partial charge in [0.15, 0.2) is 17.7 Å². The fourth-order valence-corrected chi connectivity index (χ4v) is 9.30. The molecule has 0 aromatic carbocycles. The van der Waals surface area contributed by atoms with Gasteiger partial charge in [0.1, 0.15) is 23.8 Å². The molecule has 2 aromatic rings. The summed E-state index contributed by atoms with van der Waals surface area (Å²) in [4.78, 5) is 49.7. The van der Waals surface area contributed by atoms with Crippen molar-refractivity contribution in [1.29, 1.82) is 0 Å². The second kappa shape index (κ2) is 18.8. The molecule has 5 rings (SSSR count). The molecule has 1 amide bonds. The maximum Gasteiger partial charge on any atom is 0.410 e. The molecule has 1 unspecified atom stereocenters. The smallest absolute Gasteiger partial charge is 0.410 e. The first kappa shape index (κ1) is 45.5. The summed E-state index contributed by atoms with van der Waals surface area (Å²) in [5.74, 6) is -3.35. The number of fused-ring (bicyclic) bond motifs is 1. The molecule has 3 aliphatic heterocycles. The second-order valence-corrected chi connectivity index (χ2v) is 17.0.